The number of hydrogen-bond acceptors (Lipinski definition) is 4. The average Bonchev–Trinajstić information content (AvgIpc) is 2.60. The summed E-state index contributed by atoms with van der Waals surface area (Å²) in [6.45, 7) is 0. The summed E-state index contributed by atoms with van der Waals surface area (Å²) in [5.74, 6) is 1.07. The highest BCUT2D eigenvalue weighted by Crippen LogP contribution is 2.28. The molecule has 3 rings (SSSR count). The third-order valence-electron chi connectivity index (χ3n) is 3.52. The van der Waals surface area contributed by atoms with Crippen molar-refractivity contribution >= 4 is 16.7 Å². The molecule has 0 aliphatic carbocycles. The largest absolute Gasteiger partial charge is 0.496 e. The van der Waals surface area contributed by atoms with Crippen molar-refractivity contribution < 1.29 is 19.0 Å². The molecule has 0 aliphatic rings. The first-order valence-corrected chi connectivity index (χ1v) is 7.13. The molecule has 0 heterocycles. The molecule has 4 nitrogen and oxygen atoms in total. The van der Waals surface area contributed by atoms with E-state index in [-0.39, 0.29) is 0 Å². The lowest BCUT2D eigenvalue weighted by atomic mass is 10.1. The lowest BCUT2D eigenvalue weighted by Crippen LogP contribution is -2.08. The average molecular weight is 308 g/mol. The fourth-order valence-corrected chi connectivity index (χ4v) is 2.32. The van der Waals surface area contributed by atoms with Crippen LogP contribution in [-0.4, -0.2) is 20.2 Å². The molecule has 0 aliphatic heterocycles. The molecule has 0 N–H and O–H groups in total. The van der Waals surface area contributed by atoms with E-state index in [1.165, 1.54) is 0 Å². The summed E-state index contributed by atoms with van der Waals surface area (Å²) in [5, 5.41) is 2.07. The van der Waals surface area contributed by atoms with Crippen LogP contribution in [0.15, 0.2) is 60.7 Å². The molecule has 116 valence electrons. The van der Waals surface area contributed by atoms with Crippen LogP contribution in [0.1, 0.15) is 10.4 Å². The Morgan fingerprint density at radius 3 is 2.00 bits per heavy atom. The third-order valence-corrected chi connectivity index (χ3v) is 3.52. The zero-order chi connectivity index (χ0) is 16.2. The summed E-state index contributed by atoms with van der Waals surface area (Å²) < 4.78 is 15.8. The topological polar surface area (TPSA) is 44.8 Å². The number of fused-ring (bicyclic) bond motifs is 1. The number of methoxy groups -OCH3 is 2. The number of hydrogen-bond donors (Lipinski definition) is 0. The first kappa shape index (κ1) is 14.9. The van der Waals surface area contributed by atoms with Gasteiger partial charge in [0.05, 0.1) is 19.8 Å². The molecule has 0 saturated carbocycles. The lowest BCUT2D eigenvalue weighted by molar-refractivity contribution is 0.0734. The fraction of sp³-hybridized carbons (Fsp3) is 0.105. The quantitative estimate of drug-likeness (QED) is 0.538. The van der Waals surface area contributed by atoms with E-state index in [1.807, 2.05) is 36.4 Å². The molecule has 0 aromatic heterocycles. The second-order valence-electron chi connectivity index (χ2n) is 5.00. The van der Waals surface area contributed by atoms with E-state index < -0.39 is 5.97 Å². The van der Waals surface area contributed by atoms with Gasteiger partial charge in [-0.15, -0.1) is 0 Å². The molecule has 0 spiro atoms. The summed E-state index contributed by atoms with van der Waals surface area (Å²) in [5.41, 5.74) is 0.491. The van der Waals surface area contributed by atoms with Gasteiger partial charge in [0.2, 0.25) is 0 Å². The molecule has 0 amide bonds. The van der Waals surface area contributed by atoms with Crippen molar-refractivity contribution in [2.24, 2.45) is 0 Å². The fourth-order valence-electron chi connectivity index (χ4n) is 2.32. The molecule has 0 atom stereocenters. The Kier molecular flexibility index (Phi) is 4.15. The molecule has 23 heavy (non-hydrogen) atoms. The van der Waals surface area contributed by atoms with Crippen molar-refractivity contribution in [3.8, 4) is 17.2 Å². The van der Waals surface area contributed by atoms with E-state index in [9.17, 15) is 4.79 Å². The van der Waals surface area contributed by atoms with Gasteiger partial charge in [0.15, 0.2) is 0 Å². The van der Waals surface area contributed by atoms with Gasteiger partial charge in [-0.2, -0.15) is 0 Å². The van der Waals surface area contributed by atoms with Crippen molar-refractivity contribution in [1.29, 1.82) is 0 Å². The van der Waals surface area contributed by atoms with Gasteiger partial charge in [-0.1, -0.05) is 30.3 Å². The van der Waals surface area contributed by atoms with Gasteiger partial charge in [-0.3, -0.25) is 0 Å². The molecule has 0 fully saturated rings. The van der Waals surface area contributed by atoms with E-state index in [0.717, 1.165) is 10.8 Å². The Balaban J connectivity index is 1.88. The van der Waals surface area contributed by atoms with E-state index in [2.05, 4.69) is 0 Å². The number of esters is 1. The second kappa shape index (κ2) is 6.40. The number of benzene rings is 3. The van der Waals surface area contributed by atoms with Gasteiger partial charge in [-0.05, 0) is 22.9 Å². The minimum atomic E-state index is -0.425. The highest BCUT2D eigenvalue weighted by molar-refractivity contribution is 5.96. The molecule has 0 bridgehead atoms. The Labute approximate surface area is 134 Å². The number of carbonyl (C=O) groups is 1. The minimum absolute atomic E-state index is 0.374. The van der Waals surface area contributed by atoms with Crippen LogP contribution in [0.25, 0.3) is 10.8 Å². The smallest absolute Gasteiger partial charge is 0.343 e. The van der Waals surface area contributed by atoms with E-state index in [4.69, 9.17) is 14.2 Å². The summed E-state index contributed by atoms with van der Waals surface area (Å²) in [7, 11) is 3.09. The van der Waals surface area contributed by atoms with Gasteiger partial charge in [-0.25, -0.2) is 4.79 Å². The highest BCUT2D eigenvalue weighted by Gasteiger charge is 2.11. The molecule has 0 saturated heterocycles. The Morgan fingerprint density at radius 1 is 0.739 bits per heavy atom. The van der Waals surface area contributed by atoms with E-state index >= 15 is 0 Å². The van der Waals surface area contributed by atoms with Crippen molar-refractivity contribution in [2.75, 3.05) is 14.2 Å². The monoisotopic (exact) mass is 308 g/mol. The van der Waals surface area contributed by atoms with Crippen LogP contribution in [0.3, 0.4) is 0 Å². The number of carbonyl (C=O) groups excluding carboxylic acids is 1. The summed E-state index contributed by atoms with van der Waals surface area (Å²) in [4.78, 5) is 12.4. The lowest BCUT2D eigenvalue weighted by Gasteiger charge is -2.09. The summed E-state index contributed by atoms with van der Waals surface area (Å²) >= 11 is 0. The van der Waals surface area contributed by atoms with Crippen molar-refractivity contribution in [1.82, 2.24) is 0 Å². The standard InChI is InChI=1S/C19H16O4/c1-21-16-10-17(22-2)12-18(11-16)23-19(20)15-8-7-13-5-3-4-6-14(13)9-15/h3-12H,1-2H3. The number of ether oxygens (including phenoxy) is 3. The predicted molar refractivity (Wildman–Crippen MR) is 88.5 cm³/mol. The van der Waals surface area contributed by atoms with Crippen molar-refractivity contribution in [3.05, 3.63) is 66.2 Å². The van der Waals surface area contributed by atoms with Gasteiger partial charge in [0.25, 0.3) is 0 Å². The first-order chi connectivity index (χ1) is 11.2. The Morgan fingerprint density at radius 2 is 1.35 bits per heavy atom. The van der Waals surface area contributed by atoms with Crippen molar-refractivity contribution in [2.45, 2.75) is 0 Å². The normalized spacial score (nSPS) is 10.3. The molecule has 3 aromatic rings. The SMILES string of the molecule is COc1cc(OC)cc(OC(=O)c2ccc3ccccc3c2)c1. The van der Waals surface area contributed by atoms with Gasteiger partial charge in [0.1, 0.15) is 17.2 Å². The maximum absolute atomic E-state index is 12.4. The van der Waals surface area contributed by atoms with Gasteiger partial charge < -0.3 is 14.2 Å². The summed E-state index contributed by atoms with van der Waals surface area (Å²) in [6.07, 6.45) is 0. The zero-order valence-corrected chi connectivity index (χ0v) is 12.9. The molecule has 3 aromatic carbocycles. The Bertz CT molecular complexity index is 833. The molecular formula is C19H16O4. The molecule has 0 radical (unpaired) electrons. The number of rotatable bonds is 4. The molecule has 0 unspecified atom stereocenters. The van der Waals surface area contributed by atoms with Crippen LogP contribution in [0.4, 0.5) is 0 Å². The maximum atomic E-state index is 12.4. The Hall–Kier alpha value is -3.01. The van der Waals surface area contributed by atoms with Crippen LogP contribution in [0.5, 0.6) is 17.2 Å². The van der Waals surface area contributed by atoms with Crippen LogP contribution < -0.4 is 14.2 Å². The van der Waals surface area contributed by atoms with Crippen LogP contribution in [-0.2, 0) is 0 Å². The van der Waals surface area contributed by atoms with E-state index in [0.29, 0.717) is 22.8 Å². The maximum Gasteiger partial charge on any atom is 0.343 e. The second-order valence-corrected chi connectivity index (χ2v) is 5.00. The van der Waals surface area contributed by atoms with Crippen LogP contribution in [0, 0.1) is 0 Å². The van der Waals surface area contributed by atoms with Crippen LogP contribution >= 0.6 is 0 Å². The minimum Gasteiger partial charge on any atom is -0.496 e. The predicted octanol–water partition coefficient (Wildman–Crippen LogP) is 4.08. The van der Waals surface area contributed by atoms with Gasteiger partial charge in [0, 0.05) is 18.2 Å². The zero-order valence-electron chi connectivity index (χ0n) is 12.9. The molecular weight excluding hydrogens is 292 g/mol. The third kappa shape index (κ3) is 3.26. The highest BCUT2D eigenvalue weighted by atomic mass is 16.5. The van der Waals surface area contributed by atoms with Gasteiger partial charge >= 0.3 is 5.97 Å². The first-order valence-electron chi connectivity index (χ1n) is 7.13. The molecule has 4 heteroatoms. The van der Waals surface area contributed by atoms with Crippen LogP contribution in [0.2, 0.25) is 0 Å². The van der Waals surface area contributed by atoms with Crippen molar-refractivity contribution in [3.63, 3.8) is 0 Å². The summed E-state index contributed by atoms with van der Waals surface area (Å²) in [6, 6.07) is 18.3. The van der Waals surface area contributed by atoms with E-state index in [1.54, 1.807) is 38.5 Å².